The maximum Gasteiger partial charge on any atom is 0.182 e. The molecule has 0 aliphatic heterocycles. The Bertz CT molecular complexity index is 382. The lowest BCUT2D eigenvalue weighted by Gasteiger charge is -2.21. The van der Waals surface area contributed by atoms with Crippen LogP contribution >= 0.6 is 11.3 Å². The minimum absolute atomic E-state index is 0.990. The van der Waals surface area contributed by atoms with E-state index in [1.54, 1.807) is 0 Å². The summed E-state index contributed by atoms with van der Waals surface area (Å²) in [6.45, 7) is 6.95. The smallest absolute Gasteiger partial charge is 0.182 e. The lowest BCUT2D eigenvalue weighted by atomic mass is 10.3. The summed E-state index contributed by atoms with van der Waals surface area (Å²) in [5.74, 6) is 1.98. The van der Waals surface area contributed by atoms with Gasteiger partial charge in [0.05, 0.1) is 0 Å². The van der Waals surface area contributed by atoms with Crippen molar-refractivity contribution < 1.29 is 0 Å². The number of nitrogens with zero attached hydrogens (tertiary/aromatic N) is 2. The predicted molar refractivity (Wildman–Crippen MR) is 81.6 cm³/mol. The summed E-state index contributed by atoms with van der Waals surface area (Å²) in [5, 5.41) is 4.48. The topological polar surface area (TPSA) is 28.2 Å². The second-order valence-electron chi connectivity index (χ2n) is 6.14. The molecule has 0 spiro atoms. The molecule has 2 fully saturated rings. The van der Waals surface area contributed by atoms with E-state index in [1.807, 2.05) is 11.3 Å². The van der Waals surface area contributed by atoms with Crippen molar-refractivity contribution in [3.05, 3.63) is 11.1 Å². The van der Waals surface area contributed by atoms with Gasteiger partial charge in [-0.05, 0) is 43.9 Å². The molecular weight excluding hydrogens is 254 g/mol. The van der Waals surface area contributed by atoms with Gasteiger partial charge in [-0.2, -0.15) is 0 Å². The van der Waals surface area contributed by atoms with Crippen LogP contribution in [-0.4, -0.2) is 29.5 Å². The van der Waals surface area contributed by atoms with E-state index in [4.69, 9.17) is 0 Å². The van der Waals surface area contributed by atoms with E-state index in [2.05, 4.69) is 28.3 Å². The van der Waals surface area contributed by atoms with Crippen LogP contribution in [0.3, 0.4) is 0 Å². The van der Waals surface area contributed by atoms with Crippen LogP contribution in [0.5, 0.6) is 0 Å². The Balaban J connectivity index is 1.51. The van der Waals surface area contributed by atoms with Gasteiger partial charge in [-0.3, -0.25) is 4.90 Å². The molecule has 1 heterocycles. The van der Waals surface area contributed by atoms with Crippen molar-refractivity contribution in [2.45, 2.75) is 45.6 Å². The molecule has 1 N–H and O–H groups in total. The third-order valence-corrected chi connectivity index (χ3v) is 4.83. The van der Waals surface area contributed by atoms with Gasteiger partial charge in [0.2, 0.25) is 0 Å². The normalized spacial score (nSPS) is 19.1. The number of hydrogen-bond acceptors (Lipinski definition) is 4. The van der Waals surface area contributed by atoms with Gasteiger partial charge >= 0.3 is 0 Å². The first-order valence-electron chi connectivity index (χ1n) is 7.74. The van der Waals surface area contributed by atoms with Crippen LogP contribution in [0.2, 0.25) is 0 Å². The van der Waals surface area contributed by atoms with Crippen molar-refractivity contribution in [2.24, 2.45) is 11.8 Å². The zero-order chi connectivity index (χ0) is 13.1. The molecule has 2 aliphatic rings. The van der Waals surface area contributed by atoms with Gasteiger partial charge < -0.3 is 5.32 Å². The Kier molecular flexibility index (Phi) is 4.38. The number of aromatic nitrogens is 1. The number of hydrogen-bond donors (Lipinski definition) is 1. The van der Waals surface area contributed by atoms with E-state index in [0.29, 0.717) is 0 Å². The molecule has 0 unspecified atom stereocenters. The number of thiazole rings is 1. The van der Waals surface area contributed by atoms with E-state index < -0.39 is 0 Å². The number of anilines is 1. The van der Waals surface area contributed by atoms with Gasteiger partial charge in [0, 0.05) is 37.3 Å². The Hall–Kier alpha value is -0.610. The molecular formula is C15H25N3S. The molecule has 0 atom stereocenters. The average molecular weight is 279 g/mol. The highest BCUT2D eigenvalue weighted by Gasteiger charge is 2.29. The fourth-order valence-electron chi connectivity index (χ4n) is 2.45. The van der Waals surface area contributed by atoms with Gasteiger partial charge in [-0.25, -0.2) is 4.98 Å². The van der Waals surface area contributed by atoms with E-state index >= 15 is 0 Å². The molecule has 2 saturated carbocycles. The van der Waals surface area contributed by atoms with Crippen LogP contribution in [0, 0.1) is 11.8 Å². The SMILES string of the molecule is CCCNc1ncc(CN(CC2CC2)CC2CC2)s1. The van der Waals surface area contributed by atoms with Crippen molar-refractivity contribution in [2.75, 3.05) is 25.0 Å². The minimum atomic E-state index is 0.990. The van der Waals surface area contributed by atoms with Crippen LogP contribution < -0.4 is 5.32 Å². The Morgan fingerprint density at radius 3 is 2.53 bits per heavy atom. The van der Waals surface area contributed by atoms with E-state index in [9.17, 15) is 0 Å². The predicted octanol–water partition coefficient (Wildman–Crippen LogP) is 3.59. The van der Waals surface area contributed by atoms with Crippen LogP contribution in [0.15, 0.2) is 6.20 Å². The van der Waals surface area contributed by atoms with Crippen molar-refractivity contribution >= 4 is 16.5 Å². The zero-order valence-electron chi connectivity index (χ0n) is 11.9. The first kappa shape index (κ1) is 13.4. The third-order valence-electron chi connectivity index (χ3n) is 3.89. The molecule has 3 rings (SSSR count). The fraction of sp³-hybridized carbons (Fsp3) is 0.800. The first-order valence-corrected chi connectivity index (χ1v) is 8.56. The summed E-state index contributed by atoms with van der Waals surface area (Å²) < 4.78 is 0. The van der Waals surface area contributed by atoms with E-state index in [0.717, 1.165) is 36.5 Å². The molecule has 106 valence electrons. The van der Waals surface area contributed by atoms with Crippen LogP contribution in [-0.2, 0) is 6.54 Å². The van der Waals surface area contributed by atoms with Crippen molar-refractivity contribution in [1.82, 2.24) is 9.88 Å². The molecule has 3 nitrogen and oxygen atoms in total. The Morgan fingerprint density at radius 2 is 1.95 bits per heavy atom. The summed E-state index contributed by atoms with van der Waals surface area (Å²) in [4.78, 5) is 8.57. The molecule has 2 aliphatic carbocycles. The quantitative estimate of drug-likeness (QED) is 0.749. The second kappa shape index (κ2) is 6.23. The van der Waals surface area contributed by atoms with Crippen molar-refractivity contribution in [1.29, 1.82) is 0 Å². The molecule has 19 heavy (non-hydrogen) atoms. The fourth-order valence-corrected chi connectivity index (χ4v) is 3.33. The second-order valence-corrected chi connectivity index (χ2v) is 7.25. The van der Waals surface area contributed by atoms with Gasteiger partial charge in [-0.1, -0.05) is 6.92 Å². The summed E-state index contributed by atoms with van der Waals surface area (Å²) >= 11 is 1.83. The third kappa shape index (κ3) is 4.46. The molecule has 0 radical (unpaired) electrons. The van der Waals surface area contributed by atoms with Gasteiger partial charge in [0.15, 0.2) is 5.13 Å². The molecule has 1 aromatic rings. The largest absolute Gasteiger partial charge is 0.362 e. The zero-order valence-corrected chi connectivity index (χ0v) is 12.7. The Morgan fingerprint density at radius 1 is 1.26 bits per heavy atom. The van der Waals surface area contributed by atoms with Crippen LogP contribution in [0.25, 0.3) is 0 Å². The summed E-state index contributed by atoms with van der Waals surface area (Å²) in [7, 11) is 0. The standard InChI is InChI=1S/C15H25N3S/c1-2-7-16-15-17-8-14(19-15)11-18(9-12-3-4-12)10-13-5-6-13/h8,12-13H,2-7,9-11H2,1H3,(H,16,17). The Labute approximate surface area is 120 Å². The number of nitrogens with one attached hydrogen (secondary N) is 1. The minimum Gasteiger partial charge on any atom is -0.362 e. The molecule has 0 bridgehead atoms. The maximum absolute atomic E-state index is 4.48. The van der Waals surface area contributed by atoms with E-state index in [1.165, 1.54) is 43.6 Å². The molecule has 4 heteroatoms. The maximum atomic E-state index is 4.48. The van der Waals surface area contributed by atoms with Crippen LogP contribution in [0.4, 0.5) is 5.13 Å². The first-order chi connectivity index (χ1) is 9.33. The molecule has 0 amide bonds. The summed E-state index contributed by atoms with van der Waals surface area (Å²) in [5.41, 5.74) is 0. The van der Waals surface area contributed by atoms with Crippen molar-refractivity contribution in [3.8, 4) is 0 Å². The van der Waals surface area contributed by atoms with Crippen LogP contribution in [0.1, 0.15) is 43.9 Å². The highest BCUT2D eigenvalue weighted by atomic mass is 32.1. The van der Waals surface area contributed by atoms with Gasteiger partial charge in [0.25, 0.3) is 0 Å². The lowest BCUT2D eigenvalue weighted by molar-refractivity contribution is 0.246. The molecule has 0 aromatic carbocycles. The average Bonchev–Trinajstić information content (AvgIpc) is 3.31. The monoisotopic (exact) mass is 279 g/mol. The van der Waals surface area contributed by atoms with Gasteiger partial charge in [-0.15, -0.1) is 11.3 Å². The highest BCUT2D eigenvalue weighted by Crippen LogP contribution is 2.34. The van der Waals surface area contributed by atoms with E-state index in [-0.39, 0.29) is 0 Å². The highest BCUT2D eigenvalue weighted by molar-refractivity contribution is 7.15. The summed E-state index contributed by atoms with van der Waals surface area (Å²) in [6.07, 6.45) is 9.03. The number of rotatable bonds is 9. The lowest BCUT2D eigenvalue weighted by Crippen LogP contribution is -2.27. The van der Waals surface area contributed by atoms with Crippen molar-refractivity contribution in [3.63, 3.8) is 0 Å². The summed E-state index contributed by atoms with van der Waals surface area (Å²) in [6, 6.07) is 0. The van der Waals surface area contributed by atoms with Gasteiger partial charge in [0.1, 0.15) is 0 Å². The molecule has 0 saturated heterocycles. The molecule has 1 aromatic heterocycles.